The smallest absolute Gasteiger partial charge is 0.417 e. The van der Waals surface area contributed by atoms with Crippen molar-refractivity contribution in [1.82, 2.24) is 15.3 Å². The molecule has 0 atom stereocenters. The summed E-state index contributed by atoms with van der Waals surface area (Å²) in [6, 6.07) is 16.4. The molecule has 1 amide bonds. The Morgan fingerprint density at radius 2 is 1.88 bits per heavy atom. The van der Waals surface area contributed by atoms with Crippen LogP contribution in [0.15, 0.2) is 60.7 Å². The van der Waals surface area contributed by atoms with Crippen molar-refractivity contribution < 1.29 is 27.4 Å². The minimum Gasteiger partial charge on any atom is -0.490 e. The number of benzene rings is 3. The van der Waals surface area contributed by atoms with Crippen molar-refractivity contribution in [2.45, 2.75) is 44.6 Å². The molecule has 226 valence electrons. The van der Waals surface area contributed by atoms with Crippen molar-refractivity contribution in [1.29, 1.82) is 0 Å². The molecule has 2 aliphatic rings. The SMILES string of the molecule is CC1(C)CN(c2ccc(-c3nc4c(C(=O)Nc5cccc(OC6CCNCC6)c5)cccc4[nH]3)c(C(F)(F)F)c2)CCO1. The third kappa shape index (κ3) is 6.47. The van der Waals surface area contributed by atoms with Gasteiger partial charge in [0.1, 0.15) is 23.2 Å². The summed E-state index contributed by atoms with van der Waals surface area (Å²) in [6.07, 6.45) is -2.69. The first-order chi connectivity index (χ1) is 20.6. The van der Waals surface area contributed by atoms with Crippen molar-refractivity contribution >= 4 is 28.3 Å². The first-order valence-corrected chi connectivity index (χ1v) is 14.4. The maximum Gasteiger partial charge on any atom is 0.417 e. The number of carbonyl (C=O) groups is 1. The molecule has 0 aliphatic carbocycles. The number of hydrogen-bond acceptors (Lipinski definition) is 6. The average Bonchev–Trinajstić information content (AvgIpc) is 3.41. The number of aromatic amines is 1. The van der Waals surface area contributed by atoms with Gasteiger partial charge in [-0.15, -0.1) is 0 Å². The molecule has 4 aromatic rings. The number of piperidine rings is 1. The van der Waals surface area contributed by atoms with Crippen molar-refractivity contribution in [2.24, 2.45) is 0 Å². The normalized spacial score (nSPS) is 17.7. The van der Waals surface area contributed by atoms with Gasteiger partial charge in [-0.25, -0.2) is 4.98 Å². The highest BCUT2D eigenvalue weighted by Gasteiger charge is 2.36. The quantitative estimate of drug-likeness (QED) is 0.245. The average molecular weight is 594 g/mol. The van der Waals surface area contributed by atoms with Crippen LogP contribution in [0.1, 0.15) is 42.6 Å². The summed E-state index contributed by atoms with van der Waals surface area (Å²) >= 11 is 0. The Balaban J connectivity index is 1.27. The second-order valence-corrected chi connectivity index (χ2v) is 11.6. The number of H-pyrrole nitrogens is 1. The van der Waals surface area contributed by atoms with Crippen LogP contribution >= 0.6 is 0 Å². The number of aromatic nitrogens is 2. The van der Waals surface area contributed by atoms with Crippen LogP contribution in [0.4, 0.5) is 24.5 Å². The second kappa shape index (κ2) is 11.5. The van der Waals surface area contributed by atoms with Crippen LogP contribution in [0, 0.1) is 0 Å². The summed E-state index contributed by atoms with van der Waals surface area (Å²) in [5.74, 6) is 0.270. The maximum absolute atomic E-state index is 14.4. The van der Waals surface area contributed by atoms with Gasteiger partial charge in [-0.05, 0) is 82.2 Å². The Morgan fingerprint density at radius 3 is 2.65 bits per heavy atom. The van der Waals surface area contributed by atoms with Gasteiger partial charge in [-0.1, -0.05) is 12.1 Å². The Hall–Kier alpha value is -4.09. The third-order valence-electron chi connectivity index (χ3n) is 7.79. The molecule has 6 rings (SSSR count). The molecule has 3 heterocycles. The fourth-order valence-electron chi connectivity index (χ4n) is 5.70. The van der Waals surface area contributed by atoms with Crippen LogP contribution in [-0.4, -0.2) is 60.4 Å². The van der Waals surface area contributed by atoms with Gasteiger partial charge >= 0.3 is 6.18 Å². The zero-order valence-electron chi connectivity index (χ0n) is 24.1. The number of nitrogens with one attached hydrogen (secondary N) is 3. The summed E-state index contributed by atoms with van der Waals surface area (Å²) in [6.45, 7) is 7.03. The molecular weight excluding hydrogens is 559 g/mol. The Kier molecular flexibility index (Phi) is 7.78. The van der Waals surface area contributed by atoms with Crippen molar-refractivity contribution in [3.8, 4) is 17.1 Å². The largest absolute Gasteiger partial charge is 0.490 e. The third-order valence-corrected chi connectivity index (χ3v) is 7.79. The van der Waals surface area contributed by atoms with Crippen LogP contribution < -0.4 is 20.3 Å². The van der Waals surface area contributed by atoms with Crippen LogP contribution in [0.25, 0.3) is 22.4 Å². The minimum absolute atomic E-state index is 0.0359. The molecule has 1 aromatic heterocycles. The predicted octanol–water partition coefficient (Wildman–Crippen LogP) is 6.25. The molecule has 0 bridgehead atoms. The van der Waals surface area contributed by atoms with Gasteiger partial charge in [-0.2, -0.15) is 13.2 Å². The van der Waals surface area contributed by atoms with E-state index in [-0.39, 0.29) is 28.6 Å². The van der Waals surface area contributed by atoms with Gasteiger partial charge in [0.05, 0.1) is 28.9 Å². The van der Waals surface area contributed by atoms with Crippen molar-refractivity contribution in [2.75, 3.05) is 43.0 Å². The number of morpholine rings is 1. The number of hydrogen-bond donors (Lipinski definition) is 3. The summed E-state index contributed by atoms with van der Waals surface area (Å²) < 4.78 is 54.9. The lowest BCUT2D eigenvalue weighted by atomic mass is 10.0. The molecular formula is C32H34F3N5O3. The summed E-state index contributed by atoms with van der Waals surface area (Å²) in [7, 11) is 0. The molecule has 0 unspecified atom stereocenters. The molecule has 0 radical (unpaired) electrons. The zero-order valence-corrected chi connectivity index (χ0v) is 24.1. The predicted molar refractivity (Wildman–Crippen MR) is 160 cm³/mol. The van der Waals surface area contributed by atoms with Crippen molar-refractivity contribution in [3.63, 3.8) is 0 Å². The lowest BCUT2D eigenvalue weighted by Crippen LogP contribution is -2.48. The van der Waals surface area contributed by atoms with E-state index < -0.39 is 23.2 Å². The van der Waals surface area contributed by atoms with Gasteiger partial charge < -0.3 is 30.0 Å². The zero-order chi connectivity index (χ0) is 30.2. The highest BCUT2D eigenvalue weighted by Crippen LogP contribution is 2.40. The lowest BCUT2D eigenvalue weighted by molar-refractivity contribution is -0.137. The van der Waals surface area contributed by atoms with E-state index in [0.717, 1.165) is 32.0 Å². The monoisotopic (exact) mass is 593 g/mol. The van der Waals surface area contributed by atoms with Crippen LogP contribution in [0.5, 0.6) is 5.75 Å². The standard InChI is InChI=1S/C32H34F3N5O3/c1-31(2)19-40(15-16-42-31)21-9-10-24(26(18-21)32(33,34)35)29-38-27-8-4-7-25(28(27)39-29)30(41)37-20-5-3-6-23(17-20)43-22-11-13-36-14-12-22/h3-10,17-18,22,36H,11-16,19H2,1-2H3,(H,37,41)(H,38,39). The molecule has 2 aliphatic heterocycles. The highest BCUT2D eigenvalue weighted by molar-refractivity contribution is 6.11. The first kappa shape index (κ1) is 29.0. The molecule has 2 fully saturated rings. The molecule has 8 nitrogen and oxygen atoms in total. The number of fused-ring (bicyclic) bond motifs is 1. The van der Waals surface area contributed by atoms with Crippen LogP contribution in [0.2, 0.25) is 0 Å². The Labute approximate surface area is 247 Å². The number of amides is 1. The van der Waals surface area contributed by atoms with Gasteiger partial charge in [0.25, 0.3) is 5.91 Å². The second-order valence-electron chi connectivity index (χ2n) is 11.6. The van der Waals surface area contributed by atoms with E-state index in [2.05, 4.69) is 20.6 Å². The van der Waals surface area contributed by atoms with Gasteiger partial charge in [0, 0.05) is 36.1 Å². The Morgan fingerprint density at radius 1 is 1.09 bits per heavy atom. The summed E-state index contributed by atoms with van der Waals surface area (Å²) in [5, 5.41) is 6.19. The van der Waals surface area contributed by atoms with Crippen LogP contribution in [0.3, 0.4) is 0 Å². The lowest BCUT2D eigenvalue weighted by Gasteiger charge is -2.39. The topological polar surface area (TPSA) is 91.5 Å². The summed E-state index contributed by atoms with van der Waals surface area (Å²) in [5.41, 5.74) is 0.638. The number of imidazole rings is 1. The van der Waals surface area contributed by atoms with Gasteiger partial charge in [-0.3, -0.25) is 4.79 Å². The molecule has 0 spiro atoms. The summed E-state index contributed by atoms with van der Waals surface area (Å²) in [4.78, 5) is 22.8. The minimum atomic E-state index is -4.62. The Bertz CT molecular complexity index is 1630. The van der Waals surface area contributed by atoms with E-state index in [1.54, 1.807) is 42.5 Å². The van der Waals surface area contributed by atoms with E-state index in [9.17, 15) is 18.0 Å². The number of nitrogens with zero attached hydrogens (tertiary/aromatic N) is 2. The fraction of sp³-hybridized carbons (Fsp3) is 0.375. The van der Waals surface area contributed by atoms with E-state index in [1.807, 2.05) is 24.8 Å². The van der Waals surface area contributed by atoms with E-state index >= 15 is 0 Å². The van der Waals surface area contributed by atoms with Gasteiger partial charge in [0.2, 0.25) is 0 Å². The van der Waals surface area contributed by atoms with Crippen LogP contribution in [-0.2, 0) is 10.9 Å². The van der Waals surface area contributed by atoms with E-state index in [4.69, 9.17) is 9.47 Å². The number of ether oxygens (including phenoxy) is 2. The van der Waals surface area contributed by atoms with E-state index in [0.29, 0.717) is 42.3 Å². The molecule has 11 heteroatoms. The van der Waals surface area contributed by atoms with Gasteiger partial charge in [0.15, 0.2) is 0 Å². The maximum atomic E-state index is 14.4. The van der Waals surface area contributed by atoms with Crippen molar-refractivity contribution in [3.05, 3.63) is 71.8 Å². The molecule has 3 aromatic carbocycles. The first-order valence-electron chi connectivity index (χ1n) is 14.4. The molecule has 0 saturated carbocycles. The number of carbonyl (C=O) groups excluding carboxylic acids is 1. The number of alkyl halides is 3. The molecule has 2 saturated heterocycles. The molecule has 43 heavy (non-hydrogen) atoms. The fourth-order valence-corrected chi connectivity index (χ4v) is 5.70. The number of anilines is 2. The molecule has 3 N–H and O–H groups in total. The number of halogens is 3. The van der Waals surface area contributed by atoms with E-state index in [1.165, 1.54) is 6.07 Å². The number of rotatable bonds is 6. The number of para-hydroxylation sites is 1. The highest BCUT2D eigenvalue weighted by atomic mass is 19.4.